The third kappa shape index (κ3) is 3.24. The van der Waals surface area contributed by atoms with Gasteiger partial charge in [0.05, 0.1) is 29.5 Å². The molecule has 1 heterocycles. The lowest BCUT2D eigenvalue weighted by molar-refractivity contribution is 0.257. The molecule has 0 aliphatic rings. The topological polar surface area (TPSA) is 68.2 Å². The van der Waals surface area contributed by atoms with Gasteiger partial charge in [-0.1, -0.05) is 18.2 Å². The van der Waals surface area contributed by atoms with E-state index in [2.05, 4.69) is 15.0 Å². The number of urea groups is 1. The van der Waals surface area contributed by atoms with Crippen molar-refractivity contribution in [1.29, 1.82) is 0 Å². The first kappa shape index (κ1) is 15.2. The van der Waals surface area contributed by atoms with Crippen LogP contribution in [0.3, 0.4) is 0 Å². The van der Waals surface area contributed by atoms with E-state index < -0.39 is 0 Å². The second kappa shape index (κ2) is 6.62. The lowest BCUT2D eigenvalue weighted by Crippen LogP contribution is -2.23. The number of aromatic nitrogens is 2. The lowest BCUT2D eigenvalue weighted by Gasteiger charge is -2.10. The van der Waals surface area contributed by atoms with Crippen molar-refractivity contribution in [1.82, 2.24) is 14.3 Å². The average molecular weight is 328 g/mol. The van der Waals surface area contributed by atoms with Crippen molar-refractivity contribution >= 4 is 34.7 Å². The van der Waals surface area contributed by atoms with Gasteiger partial charge < -0.3 is 14.6 Å². The molecule has 23 heavy (non-hydrogen) atoms. The van der Waals surface area contributed by atoms with Crippen molar-refractivity contribution in [2.75, 3.05) is 12.4 Å². The van der Waals surface area contributed by atoms with Crippen LogP contribution in [0.25, 0.3) is 11.0 Å². The number of imidazole rings is 1. The van der Waals surface area contributed by atoms with E-state index in [0.717, 1.165) is 15.9 Å². The van der Waals surface area contributed by atoms with Gasteiger partial charge in [0.1, 0.15) is 11.3 Å². The Bertz CT molecular complexity index is 847. The molecule has 2 amide bonds. The molecule has 0 aliphatic carbocycles. The smallest absolute Gasteiger partial charge is 0.329 e. The highest BCUT2D eigenvalue weighted by Crippen LogP contribution is 2.26. The molecule has 7 heteroatoms. The summed E-state index contributed by atoms with van der Waals surface area (Å²) in [7, 11) is 3.50. The second-order valence-electron chi connectivity index (χ2n) is 4.84. The third-order valence-corrected chi connectivity index (χ3v) is 4.16. The van der Waals surface area contributed by atoms with E-state index in [1.807, 2.05) is 41.9 Å². The molecule has 3 rings (SSSR count). The van der Waals surface area contributed by atoms with Gasteiger partial charge in [-0.05, 0) is 36.2 Å². The summed E-state index contributed by atoms with van der Waals surface area (Å²) in [5.41, 5.74) is 2.49. The molecule has 0 aliphatic heterocycles. The van der Waals surface area contributed by atoms with Gasteiger partial charge in [-0.15, -0.1) is 0 Å². The number of methoxy groups -OCH3 is 1. The lowest BCUT2D eigenvalue weighted by atomic mass is 10.3. The summed E-state index contributed by atoms with van der Waals surface area (Å²) in [6.07, 6.45) is 1.75. The van der Waals surface area contributed by atoms with Crippen LogP contribution in [0.15, 0.2) is 53.7 Å². The monoisotopic (exact) mass is 328 g/mol. The molecule has 0 atom stereocenters. The van der Waals surface area contributed by atoms with Crippen molar-refractivity contribution in [3.05, 3.63) is 48.8 Å². The minimum Gasteiger partial charge on any atom is -0.495 e. The molecule has 2 N–H and O–H groups in total. The zero-order chi connectivity index (χ0) is 16.2. The maximum absolute atomic E-state index is 12.1. The molecule has 6 nitrogen and oxygen atoms in total. The summed E-state index contributed by atoms with van der Waals surface area (Å²) in [4.78, 5) is 17.3. The number of aryl methyl sites for hydroxylation is 1. The first-order chi connectivity index (χ1) is 11.2. The number of ether oxygens (including phenoxy) is 1. The number of para-hydroxylation sites is 3. The van der Waals surface area contributed by atoms with Crippen molar-refractivity contribution in [2.24, 2.45) is 7.05 Å². The normalized spacial score (nSPS) is 10.5. The summed E-state index contributed by atoms with van der Waals surface area (Å²) < 4.78 is 9.91. The van der Waals surface area contributed by atoms with Crippen molar-refractivity contribution in [3.8, 4) is 5.75 Å². The van der Waals surface area contributed by atoms with Crippen LogP contribution < -0.4 is 14.8 Å². The van der Waals surface area contributed by atoms with Crippen molar-refractivity contribution < 1.29 is 9.53 Å². The molecule has 0 unspecified atom stereocenters. The molecule has 2 aromatic carbocycles. The molecule has 0 bridgehead atoms. The fourth-order valence-electron chi connectivity index (χ4n) is 2.21. The van der Waals surface area contributed by atoms with Crippen LogP contribution in [0.4, 0.5) is 10.5 Å². The van der Waals surface area contributed by atoms with Gasteiger partial charge in [0.25, 0.3) is 0 Å². The van der Waals surface area contributed by atoms with Gasteiger partial charge in [0, 0.05) is 7.05 Å². The number of nitrogens with zero attached hydrogens (tertiary/aromatic N) is 2. The molecule has 1 aromatic heterocycles. The second-order valence-corrected chi connectivity index (χ2v) is 5.69. The van der Waals surface area contributed by atoms with Gasteiger partial charge in [-0.3, -0.25) is 4.72 Å². The number of nitrogens with one attached hydrogen (secondary N) is 2. The third-order valence-electron chi connectivity index (χ3n) is 3.33. The number of hydrogen-bond acceptors (Lipinski definition) is 4. The molecule has 0 saturated carbocycles. The predicted octanol–water partition coefficient (Wildman–Crippen LogP) is 3.41. The van der Waals surface area contributed by atoms with Crippen LogP contribution in [0.2, 0.25) is 0 Å². The van der Waals surface area contributed by atoms with E-state index in [-0.39, 0.29) is 6.03 Å². The number of benzene rings is 2. The van der Waals surface area contributed by atoms with E-state index in [0.29, 0.717) is 11.4 Å². The van der Waals surface area contributed by atoms with Crippen LogP contribution in [-0.4, -0.2) is 22.7 Å². The highest BCUT2D eigenvalue weighted by Gasteiger charge is 2.10. The predicted molar refractivity (Wildman–Crippen MR) is 91.7 cm³/mol. The van der Waals surface area contributed by atoms with Crippen LogP contribution in [-0.2, 0) is 7.05 Å². The number of hydrogen-bond donors (Lipinski definition) is 2. The number of amides is 2. The van der Waals surface area contributed by atoms with Gasteiger partial charge in [-0.25, -0.2) is 9.78 Å². The van der Waals surface area contributed by atoms with Crippen molar-refractivity contribution in [2.45, 2.75) is 4.90 Å². The molecular weight excluding hydrogens is 312 g/mol. The van der Waals surface area contributed by atoms with Crippen LogP contribution in [0.1, 0.15) is 0 Å². The summed E-state index contributed by atoms with van der Waals surface area (Å²) in [6.45, 7) is 0. The highest BCUT2D eigenvalue weighted by molar-refractivity contribution is 7.98. The first-order valence-electron chi connectivity index (χ1n) is 6.96. The van der Waals surface area contributed by atoms with E-state index in [1.54, 1.807) is 25.6 Å². The van der Waals surface area contributed by atoms with Crippen LogP contribution in [0.5, 0.6) is 5.75 Å². The van der Waals surface area contributed by atoms with Crippen molar-refractivity contribution in [3.63, 3.8) is 0 Å². The number of rotatable bonds is 4. The highest BCUT2D eigenvalue weighted by atomic mass is 32.2. The number of carbonyl (C=O) groups is 1. The Morgan fingerprint density at radius 3 is 2.87 bits per heavy atom. The van der Waals surface area contributed by atoms with Crippen LogP contribution in [0, 0.1) is 0 Å². The molecule has 118 valence electrons. The summed E-state index contributed by atoms with van der Waals surface area (Å²) in [5.74, 6) is 0.611. The minimum atomic E-state index is -0.326. The summed E-state index contributed by atoms with van der Waals surface area (Å²) in [6, 6.07) is 12.8. The fraction of sp³-hybridized carbons (Fsp3) is 0.125. The van der Waals surface area contributed by atoms with E-state index in [1.165, 1.54) is 11.9 Å². The molecular formula is C16H16N4O2S. The maximum Gasteiger partial charge on any atom is 0.329 e. The average Bonchev–Trinajstić information content (AvgIpc) is 2.95. The number of anilines is 1. The summed E-state index contributed by atoms with van der Waals surface area (Å²) >= 11 is 1.23. The summed E-state index contributed by atoms with van der Waals surface area (Å²) in [5, 5.41) is 2.76. The number of carbonyl (C=O) groups excluding carboxylic acids is 1. The largest absolute Gasteiger partial charge is 0.495 e. The van der Waals surface area contributed by atoms with E-state index in [4.69, 9.17) is 4.74 Å². The Labute approximate surface area is 138 Å². The Balaban J connectivity index is 1.69. The molecule has 0 fully saturated rings. The molecule has 3 aromatic rings. The van der Waals surface area contributed by atoms with Gasteiger partial charge >= 0.3 is 6.03 Å². The quantitative estimate of drug-likeness (QED) is 0.720. The van der Waals surface area contributed by atoms with Gasteiger partial charge in [0.2, 0.25) is 0 Å². The Morgan fingerprint density at radius 2 is 2.04 bits per heavy atom. The minimum absolute atomic E-state index is 0.326. The van der Waals surface area contributed by atoms with E-state index in [9.17, 15) is 4.79 Å². The molecule has 0 spiro atoms. The molecule has 0 saturated heterocycles. The number of fused-ring (bicyclic) bond motifs is 1. The van der Waals surface area contributed by atoms with Crippen LogP contribution >= 0.6 is 11.9 Å². The zero-order valence-electron chi connectivity index (χ0n) is 12.7. The van der Waals surface area contributed by atoms with Gasteiger partial charge in [0.15, 0.2) is 0 Å². The Hall–Kier alpha value is -2.67. The zero-order valence-corrected chi connectivity index (χ0v) is 13.6. The Morgan fingerprint density at radius 1 is 1.22 bits per heavy atom. The van der Waals surface area contributed by atoms with Gasteiger partial charge in [-0.2, -0.15) is 0 Å². The Kier molecular flexibility index (Phi) is 4.38. The SMILES string of the molecule is COc1ccccc1NC(=O)NSc1cccc2c1ncn2C. The standard InChI is InChI=1S/C16H16N4O2S/c1-20-10-17-15-12(20)7-5-9-14(15)23-19-16(21)18-11-6-3-4-8-13(11)22-2/h3-10H,1-2H3,(H2,18,19,21). The van der Waals surface area contributed by atoms with E-state index >= 15 is 0 Å². The fourth-order valence-corrected chi connectivity index (χ4v) is 2.87. The first-order valence-corrected chi connectivity index (χ1v) is 7.77. The molecule has 0 radical (unpaired) electrons. The maximum atomic E-state index is 12.1.